The van der Waals surface area contributed by atoms with E-state index in [1.807, 2.05) is 0 Å². The van der Waals surface area contributed by atoms with E-state index in [1.54, 1.807) is 0 Å². The van der Waals surface area contributed by atoms with Crippen LogP contribution in [0.25, 0.3) is 0 Å². The van der Waals surface area contributed by atoms with Crippen LogP contribution in [0.1, 0.15) is 16.8 Å². The van der Waals surface area contributed by atoms with Gasteiger partial charge >= 0.3 is 0 Å². The van der Waals surface area contributed by atoms with Crippen molar-refractivity contribution >= 4 is 11.6 Å². The number of nitrogens with zero attached hydrogens (tertiary/aromatic N) is 1. The summed E-state index contributed by atoms with van der Waals surface area (Å²) in [7, 11) is 0. The van der Waals surface area contributed by atoms with Crippen LogP contribution in [-0.4, -0.2) is 36.1 Å². The molecular formula is C12H14FN3O3. The van der Waals surface area contributed by atoms with Crippen LogP contribution in [0.15, 0.2) is 24.3 Å². The number of amides is 1. The van der Waals surface area contributed by atoms with Gasteiger partial charge in [-0.15, -0.1) is 0 Å². The second kappa shape index (κ2) is 5.75. The molecule has 0 spiro atoms. The minimum atomic E-state index is -0.982. The van der Waals surface area contributed by atoms with Crippen molar-refractivity contribution in [1.29, 1.82) is 0 Å². The largest absolute Gasteiger partial charge is 0.348 e. The molecule has 0 unspecified atom stereocenters. The fraction of sp³-hybridized carbons (Fsp3) is 0.417. The molecule has 2 rings (SSSR count). The number of hydrogen-bond donors (Lipinski definition) is 2. The Labute approximate surface area is 109 Å². The number of halogens is 1. The van der Waals surface area contributed by atoms with Crippen LogP contribution in [0.2, 0.25) is 0 Å². The van der Waals surface area contributed by atoms with Gasteiger partial charge in [0.25, 0.3) is 11.6 Å². The van der Waals surface area contributed by atoms with E-state index in [2.05, 4.69) is 10.6 Å². The number of rotatable bonds is 3. The summed E-state index contributed by atoms with van der Waals surface area (Å²) in [5, 5.41) is 16.2. The van der Waals surface area contributed by atoms with E-state index >= 15 is 0 Å². The van der Waals surface area contributed by atoms with Crippen molar-refractivity contribution in [2.45, 2.75) is 18.6 Å². The normalized spacial score (nSPS) is 22.8. The Bertz CT molecular complexity index is 495. The van der Waals surface area contributed by atoms with E-state index in [0.717, 1.165) is 0 Å². The first-order chi connectivity index (χ1) is 9.06. The van der Waals surface area contributed by atoms with Gasteiger partial charge in [-0.1, -0.05) is 6.07 Å². The summed E-state index contributed by atoms with van der Waals surface area (Å²) in [6.07, 6.45) is -0.725. The number of hydrogen-bond acceptors (Lipinski definition) is 4. The molecule has 0 saturated carbocycles. The predicted molar refractivity (Wildman–Crippen MR) is 66.7 cm³/mol. The monoisotopic (exact) mass is 267 g/mol. The van der Waals surface area contributed by atoms with E-state index < -0.39 is 17.0 Å². The number of non-ortho nitro benzene ring substituents is 1. The highest BCUT2D eigenvalue weighted by molar-refractivity contribution is 5.95. The highest BCUT2D eigenvalue weighted by atomic mass is 19.1. The standard InChI is InChI=1S/C12H14FN3O3/c13-9-5-10(7-14-6-9)15-12(17)8-2-1-3-11(4-8)16(18)19/h1-4,9-10,14H,5-7H2,(H,15,17)/t9-,10-/m0/s1. The number of piperidine rings is 1. The van der Waals surface area contributed by atoms with Crippen LogP contribution >= 0.6 is 0 Å². The molecule has 2 atom stereocenters. The van der Waals surface area contributed by atoms with E-state index in [1.165, 1.54) is 24.3 Å². The van der Waals surface area contributed by atoms with Crippen LogP contribution < -0.4 is 10.6 Å². The molecular weight excluding hydrogens is 253 g/mol. The zero-order valence-corrected chi connectivity index (χ0v) is 10.1. The third-order valence-electron chi connectivity index (χ3n) is 2.95. The number of nitro groups is 1. The fourth-order valence-corrected chi connectivity index (χ4v) is 2.03. The maximum absolute atomic E-state index is 13.2. The molecule has 1 aromatic rings. The molecule has 1 fully saturated rings. The third-order valence-corrected chi connectivity index (χ3v) is 2.95. The number of carbonyl (C=O) groups is 1. The summed E-state index contributed by atoms with van der Waals surface area (Å²) in [6, 6.07) is 5.17. The Hall–Kier alpha value is -2.02. The zero-order chi connectivity index (χ0) is 13.8. The van der Waals surface area contributed by atoms with Gasteiger partial charge in [-0.05, 0) is 6.07 Å². The Morgan fingerprint density at radius 3 is 2.95 bits per heavy atom. The highest BCUT2D eigenvalue weighted by Crippen LogP contribution is 2.14. The van der Waals surface area contributed by atoms with Gasteiger partial charge in [0.05, 0.1) is 4.92 Å². The van der Waals surface area contributed by atoms with Gasteiger partial charge in [-0.3, -0.25) is 14.9 Å². The first-order valence-electron chi connectivity index (χ1n) is 5.96. The van der Waals surface area contributed by atoms with Gasteiger partial charge in [0, 0.05) is 43.2 Å². The summed E-state index contributed by atoms with van der Waals surface area (Å²) in [6.45, 7) is 0.796. The van der Waals surface area contributed by atoms with Gasteiger partial charge in [0.1, 0.15) is 6.17 Å². The topological polar surface area (TPSA) is 84.3 Å². The first-order valence-corrected chi connectivity index (χ1v) is 5.96. The average Bonchev–Trinajstić information content (AvgIpc) is 2.39. The van der Waals surface area contributed by atoms with Crippen molar-refractivity contribution in [2.24, 2.45) is 0 Å². The zero-order valence-electron chi connectivity index (χ0n) is 10.1. The minimum absolute atomic E-state index is 0.141. The number of benzene rings is 1. The summed E-state index contributed by atoms with van der Waals surface area (Å²) >= 11 is 0. The molecule has 6 nitrogen and oxygen atoms in total. The summed E-state index contributed by atoms with van der Waals surface area (Å²) in [5.74, 6) is -0.426. The molecule has 2 N–H and O–H groups in total. The number of nitrogens with one attached hydrogen (secondary N) is 2. The Balaban J connectivity index is 2.03. The lowest BCUT2D eigenvalue weighted by atomic mass is 10.1. The fourth-order valence-electron chi connectivity index (χ4n) is 2.03. The Morgan fingerprint density at radius 1 is 1.47 bits per heavy atom. The second-order valence-corrected chi connectivity index (χ2v) is 4.47. The molecule has 0 aliphatic carbocycles. The third kappa shape index (κ3) is 3.47. The number of alkyl halides is 1. The van der Waals surface area contributed by atoms with Gasteiger partial charge in [-0.2, -0.15) is 0 Å². The number of nitro benzene ring substituents is 1. The van der Waals surface area contributed by atoms with Crippen molar-refractivity contribution in [3.8, 4) is 0 Å². The van der Waals surface area contributed by atoms with Crippen molar-refractivity contribution in [3.05, 3.63) is 39.9 Å². The molecule has 0 radical (unpaired) electrons. The van der Waals surface area contributed by atoms with Crippen LogP contribution in [0, 0.1) is 10.1 Å². The first kappa shape index (κ1) is 13.4. The lowest BCUT2D eigenvalue weighted by Gasteiger charge is -2.26. The van der Waals surface area contributed by atoms with Crippen molar-refractivity contribution in [1.82, 2.24) is 10.6 Å². The van der Waals surface area contributed by atoms with Crippen LogP contribution in [0.3, 0.4) is 0 Å². The second-order valence-electron chi connectivity index (χ2n) is 4.47. The highest BCUT2D eigenvalue weighted by Gasteiger charge is 2.23. The van der Waals surface area contributed by atoms with Crippen molar-refractivity contribution < 1.29 is 14.1 Å². The maximum atomic E-state index is 13.2. The quantitative estimate of drug-likeness (QED) is 0.632. The van der Waals surface area contributed by atoms with E-state index in [-0.39, 0.29) is 23.7 Å². The molecule has 102 valence electrons. The molecule has 1 aliphatic rings. The number of carbonyl (C=O) groups excluding carboxylic acids is 1. The molecule has 1 amide bonds. The van der Waals surface area contributed by atoms with Crippen LogP contribution in [-0.2, 0) is 0 Å². The molecule has 7 heteroatoms. The SMILES string of the molecule is O=C(N[C@@H]1CNC[C@@H](F)C1)c1cccc([N+](=O)[O-])c1. The smallest absolute Gasteiger partial charge is 0.270 e. The Kier molecular flexibility index (Phi) is 4.06. The lowest BCUT2D eigenvalue weighted by molar-refractivity contribution is -0.384. The molecule has 19 heavy (non-hydrogen) atoms. The van der Waals surface area contributed by atoms with E-state index in [4.69, 9.17) is 0 Å². The summed E-state index contributed by atoms with van der Waals surface area (Å²) in [4.78, 5) is 22.0. The molecule has 0 aromatic heterocycles. The lowest BCUT2D eigenvalue weighted by Crippen LogP contribution is -2.49. The van der Waals surface area contributed by atoms with Gasteiger partial charge in [0.2, 0.25) is 0 Å². The van der Waals surface area contributed by atoms with Gasteiger partial charge in [-0.25, -0.2) is 4.39 Å². The van der Waals surface area contributed by atoms with Crippen LogP contribution in [0.5, 0.6) is 0 Å². The van der Waals surface area contributed by atoms with E-state index in [0.29, 0.717) is 13.1 Å². The predicted octanol–water partition coefficient (Wildman–Crippen LogP) is 1.02. The van der Waals surface area contributed by atoms with E-state index in [9.17, 15) is 19.3 Å². The molecule has 1 saturated heterocycles. The minimum Gasteiger partial charge on any atom is -0.348 e. The summed E-state index contributed by atoms with van der Waals surface area (Å²) < 4.78 is 13.2. The maximum Gasteiger partial charge on any atom is 0.270 e. The Morgan fingerprint density at radius 2 is 2.26 bits per heavy atom. The van der Waals surface area contributed by atoms with Gasteiger partial charge < -0.3 is 10.6 Å². The van der Waals surface area contributed by atoms with Crippen LogP contribution in [0.4, 0.5) is 10.1 Å². The van der Waals surface area contributed by atoms with Gasteiger partial charge in [0.15, 0.2) is 0 Å². The average molecular weight is 267 g/mol. The molecule has 1 aromatic carbocycles. The molecule has 1 heterocycles. The summed E-state index contributed by atoms with van der Waals surface area (Å²) in [5.41, 5.74) is 0.0629. The van der Waals surface area contributed by atoms with Crippen molar-refractivity contribution in [3.63, 3.8) is 0 Å². The molecule has 0 bridgehead atoms. The molecule has 1 aliphatic heterocycles. The van der Waals surface area contributed by atoms with Crippen molar-refractivity contribution in [2.75, 3.05) is 13.1 Å².